The van der Waals surface area contributed by atoms with Crippen LogP contribution in [0.3, 0.4) is 0 Å². The van der Waals surface area contributed by atoms with Crippen molar-refractivity contribution in [3.8, 4) is 0 Å². The molecule has 0 atom stereocenters. The van der Waals surface area contributed by atoms with Crippen LogP contribution in [0.4, 0.5) is 52.7 Å². The number of hydrogen-bond donors (Lipinski definition) is 0. The predicted octanol–water partition coefficient (Wildman–Crippen LogP) is 5.62. The number of alkyl halides is 12. The second kappa shape index (κ2) is 11.0. The maximum Gasteiger partial charge on any atom is 0.412 e. The van der Waals surface area contributed by atoms with Gasteiger partial charge in [0.25, 0.3) is 0 Å². The van der Waals surface area contributed by atoms with E-state index in [1.807, 2.05) is 0 Å². The molecule has 0 aliphatic carbocycles. The van der Waals surface area contributed by atoms with E-state index >= 15 is 0 Å². The Labute approximate surface area is 165 Å². The standard InChI is InChI=1S/C10H12F12O7P2/c11-7(12,13)1-26-30(23,27-2-8(14,15)16)5-25-6-31(24,28-3-9(17,18)19)29-4-10(20,21)22/h1-6H2. The van der Waals surface area contributed by atoms with Crippen molar-refractivity contribution in [1.29, 1.82) is 0 Å². The third-order valence-electron chi connectivity index (χ3n) is 2.20. The van der Waals surface area contributed by atoms with E-state index in [1.54, 1.807) is 0 Å². The minimum Gasteiger partial charge on any atom is -0.356 e. The lowest BCUT2D eigenvalue weighted by atomic mass is 10.7. The smallest absolute Gasteiger partial charge is 0.356 e. The van der Waals surface area contributed by atoms with Gasteiger partial charge in [-0.05, 0) is 0 Å². The first-order chi connectivity index (χ1) is 13.5. The number of rotatable bonds is 12. The molecule has 31 heavy (non-hydrogen) atoms. The normalized spacial score (nSPS) is 14.8. The van der Waals surface area contributed by atoms with E-state index in [1.165, 1.54) is 0 Å². The van der Waals surface area contributed by atoms with Gasteiger partial charge in [0.15, 0.2) is 26.4 Å². The fourth-order valence-electron chi connectivity index (χ4n) is 1.17. The van der Waals surface area contributed by atoms with Crippen LogP contribution in [0, 0.1) is 0 Å². The molecule has 188 valence electrons. The van der Waals surface area contributed by atoms with Gasteiger partial charge < -0.3 is 4.74 Å². The molecule has 0 unspecified atom stereocenters. The summed E-state index contributed by atoms with van der Waals surface area (Å²) in [6.07, 6.45) is -24.7. The van der Waals surface area contributed by atoms with Crippen LogP contribution in [0.1, 0.15) is 0 Å². The van der Waals surface area contributed by atoms with Crippen LogP contribution < -0.4 is 0 Å². The number of halogens is 12. The average molecular weight is 534 g/mol. The molecule has 0 aromatic heterocycles. The summed E-state index contributed by atoms with van der Waals surface area (Å²) >= 11 is 0. The Morgan fingerprint density at radius 2 is 0.645 bits per heavy atom. The summed E-state index contributed by atoms with van der Waals surface area (Å²) in [5.41, 5.74) is 0. The highest BCUT2D eigenvalue weighted by Crippen LogP contribution is 2.54. The highest BCUT2D eigenvalue weighted by Gasteiger charge is 2.41. The van der Waals surface area contributed by atoms with Crippen molar-refractivity contribution < 1.29 is 84.6 Å². The molecule has 0 aromatic rings. The van der Waals surface area contributed by atoms with Crippen molar-refractivity contribution in [2.75, 3.05) is 39.1 Å². The molecule has 0 N–H and O–H groups in total. The zero-order valence-corrected chi connectivity index (χ0v) is 16.3. The molecular weight excluding hydrogens is 522 g/mol. The lowest BCUT2D eigenvalue weighted by Gasteiger charge is -2.23. The van der Waals surface area contributed by atoms with Crippen LogP contribution in [-0.4, -0.2) is 63.8 Å². The first-order valence-electron chi connectivity index (χ1n) is 7.14. The predicted molar refractivity (Wildman–Crippen MR) is 74.1 cm³/mol. The van der Waals surface area contributed by atoms with Crippen LogP contribution in [0.25, 0.3) is 0 Å². The molecule has 0 aliphatic heterocycles. The Kier molecular flexibility index (Phi) is 10.8. The summed E-state index contributed by atoms with van der Waals surface area (Å²) in [6.45, 7) is -9.67. The van der Waals surface area contributed by atoms with Crippen molar-refractivity contribution in [2.24, 2.45) is 0 Å². The Morgan fingerprint density at radius 3 is 0.806 bits per heavy atom. The van der Waals surface area contributed by atoms with Crippen LogP contribution in [0.15, 0.2) is 0 Å². The molecule has 0 aromatic carbocycles. The quantitative estimate of drug-likeness (QED) is 0.238. The SMILES string of the molecule is O=P(COCP(=O)(OCC(F)(F)F)OCC(F)(F)F)(OCC(F)(F)F)OCC(F)(F)F. The highest BCUT2D eigenvalue weighted by atomic mass is 31.2. The first kappa shape index (κ1) is 30.4. The summed E-state index contributed by atoms with van der Waals surface area (Å²) in [5.74, 6) is 0. The van der Waals surface area contributed by atoms with Gasteiger partial charge in [0.1, 0.15) is 12.7 Å². The summed E-state index contributed by atoms with van der Waals surface area (Å²) in [5, 5.41) is 0. The molecule has 0 saturated heterocycles. The average Bonchev–Trinajstić information content (AvgIpc) is 2.53. The van der Waals surface area contributed by atoms with Crippen molar-refractivity contribution in [3.63, 3.8) is 0 Å². The molecular formula is C10H12F12O7P2. The topological polar surface area (TPSA) is 80.3 Å². The van der Waals surface area contributed by atoms with E-state index in [4.69, 9.17) is 0 Å². The molecule has 0 rings (SSSR count). The fraction of sp³-hybridized carbons (Fsp3) is 1.00. The highest BCUT2D eigenvalue weighted by molar-refractivity contribution is 7.54. The maximum absolute atomic E-state index is 12.1. The Morgan fingerprint density at radius 1 is 0.452 bits per heavy atom. The largest absolute Gasteiger partial charge is 0.412 e. The zero-order chi connectivity index (χ0) is 24.8. The first-order valence-corrected chi connectivity index (χ1v) is 10.6. The molecule has 0 aliphatic rings. The minimum absolute atomic E-state index is 1.88. The molecule has 0 spiro atoms. The van der Waals surface area contributed by atoms with Crippen molar-refractivity contribution in [2.45, 2.75) is 24.7 Å². The van der Waals surface area contributed by atoms with E-state index in [9.17, 15) is 61.8 Å². The second-order valence-corrected chi connectivity index (χ2v) is 9.23. The van der Waals surface area contributed by atoms with Gasteiger partial charge in [-0.25, -0.2) is 0 Å². The molecule has 0 fully saturated rings. The summed E-state index contributed by atoms with van der Waals surface area (Å²) in [4.78, 5) is 0. The van der Waals surface area contributed by atoms with Gasteiger partial charge in [-0.3, -0.25) is 27.2 Å². The summed E-state index contributed by atoms with van der Waals surface area (Å²) in [7, 11) is -10.9. The lowest BCUT2D eigenvalue weighted by molar-refractivity contribution is -0.166. The van der Waals surface area contributed by atoms with Gasteiger partial charge in [-0.15, -0.1) is 0 Å². The molecule has 21 heteroatoms. The Balaban J connectivity index is 5.23. The summed E-state index contributed by atoms with van der Waals surface area (Å²) in [6, 6.07) is 0. The van der Waals surface area contributed by atoms with Gasteiger partial charge in [-0.2, -0.15) is 52.7 Å². The second-order valence-electron chi connectivity index (χ2n) is 5.24. The molecule has 0 heterocycles. The zero-order valence-electron chi connectivity index (χ0n) is 14.5. The van der Waals surface area contributed by atoms with Gasteiger partial charge in [0.2, 0.25) is 0 Å². The fourth-order valence-corrected chi connectivity index (χ4v) is 3.77. The van der Waals surface area contributed by atoms with Crippen molar-refractivity contribution >= 4 is 15.2 Å². The van der Waals surface area contributed by atoms with Crippen molar-refractivity contribution in [1.82, 2.24) is 0 Å². The van der Waals surface area contributed by atoms with Crippen LogP contribution in [-0.2, 0) is 32.0 Å². The van der Waals surface area contributed by atoms with Gasteiger partial charge in [-0.1, -0.05) is 0 Å². The van der Waals surface area contributed by atoms with Crippen LogP contribution in [0.2, 0.25) is 0 Å². The van der Waals surface area contributed by atoms with E-state index in [-0.39, 0.29) is 0 Å². The number of hydrogen-bond acceptors (Lipinski definition) is 7. The molecule has 0 radical (unpaired) electrons. The summed E-state index contributed by atoms with van der Waals surface area (Å²) < 4.78 is 188. The van der Waals surface area contributed by atoms with Gasteiger partial charge >= 0.3 is 39.9 Å². The van der Waals surface area contributed by atoms with Crippen LogP contribution >= 0.6 is 15.2 Å². The maximum atomic E-state index is 12.1. The van der Waals surface area contributed by atoms with E-state index < -0.39 is 79.0 Å². The molecule has 0 bridgehead atoms. The molecule has 7 nitrogen and oxygen atoms in total. The lowest BCUT2D eigenvalue weighted by Crippen LogP contribution is -2.22. The molecule has 0 saturated carbocycles. The minimum atomic E-state index is -5.44. The van der Waals surface area contributed by atoms with E-state index in [0.717, 1.165) is 0 Å². The Hall–Kier alpha value is -0.580. The monoisotopic (exact) mass is 534 g/mol. The van der Waals surface area contributed by atoms with Gasteiger partial charge in [0.05, 0.1) is 0 Å². The van der Waals surface area contributed by atoms with Crippen molar-refractivity contribution in [3.05, 3.63) is 0 Å². The third-order valence-corrected chi connectivity index (χ3v) is 5.29. The van der Waals surface area contributed by atoms with E-state index in [0.29, 0.717) is 0 Å². The third kappa shape index (κ3) is 17.6. The van der Waals surface area contributed by atoms with Crippen LogP contribution in [0.5, 0.6) is 0 Å². The Bertz CT molecular complexity index is 544. The number of ether oxygens (including phenoxy) is 1. The van der Waals surface area contributed by atoms with E-state index in [2.05, 4.69) is 22.8 Å². The molecule has 0 amide bonds. The van der Waals surface area contributed by atoms with Gasteiger partial charge in [0, 0.05) is 0 Å².